The van der Waals surface area contributed by atoms with Crippen LogP contribution in [0.25, 0.3) is 0 Å². The van der Waals surface area contributed by atoms with Crippen molar-refractivity contribution < 1.29 is 22.0 Å². The van der Waals surface area contributed by atoms with Gasteiger partial charge in [0.25, 0.3) is 0 Å². The molecule has 0 saturated carbocycles. The van der Waals surface area contributed by atoms with Crippen LogP contribution in [0, 0.1) is 0 Å². The normalized spacial score (nSPS) is 13.9. The van der Waals surface area contributed by atoms with E-state index in [9.17, 15) is 13.0 Å². The van der Waals surface area contributed by atoms with Crippen LogP contribution >= 0.6 is 7.60 Å². The fourth-order valence-electron chi connectivity index (χ4n) is 1.99. The molecular weight excluding hydrogens is 359 g/mol. The van der Waals surface area contributed by atoms with Crippen LogP contribution in [-0.2, 0) is 23.4 Å². The van der Waals surface area contributed by atoms with E-state index >= 15 is 0 Å². The highest BCUT2D eigenvalue weighted by molar-refractivity contribution is 8.00. The third kappa shape index (κ3) is 13.2. The summed E-state index contributed by atoms with van der Waals surface area (Å²) in [5.41, 5.74) is 1.68. The fraction of sp³-hybridized carbons (Fsp3) is 0.667. The summed E-state index contributed by atoms with van der Waals surface area (Å²) in [5, 5.41) is 1.07. The van der Waals surface area contributed by atoms with Crippen LogP contribution in [0.1, 0.15) is 61.3 Å². The van der Waals surface area contributed by atoms with Crippen LogP contribution in [0.3, 0.4) is 0 Å². The van der Waals surface area contributed by atoms with Gasteiger partial charge in [0.1, 0.15) is 0 Å². The molecule has 0 heterocycles. The topological polar surface area (TPSA) is 69.7 Å². The second-order valence-corrected chi connectivity index (χ2v) is 11.1. The molecule has 0 amide bonds. The SMILES string of the molecule is CC(C)=CCC/C(C)=C\C=C\S(=O)(=O)CP(=O)(OC(C)C)OC(C)C. The molecule has 0 rings (SSSR count). The number of rotatable bonds is 11. The van der Waals surface area contributed by atoms with Gasteiger partial charge in [-0.1, -0.05) is 29.4 Å². The second-order valence-electron chi connectivity index (χ2n) is 6.87. The van der Waals surface area contributed by atoms with Gasteiger partial charge in [-0.05, 0) is 61.3 Å². The first-order valence-corrected chi connectivity index (χ1v) is 12.0. The Balaban J connectivity index is 4.98. The zero-order valence-electron chi connectivity index (χ0n) is 16.5. The quantitative estimate of drug-likeness (QED) is 0.260. The minimum absolute atomic E-state index is 0.388. The molecule has 0 atom stereocenters. The Bertz CT molecular complexity index is 624. The molecule has 0 aliphatic carbocycles. The molecule has 146 valence electrons. The first-order chi connectivity index (χ1) is 11.4. The molecule has 0 aliphatic rings. The van der Waals surface area contributed by atoms with Crippen molar-refractivity contribution in [1.29, 1.82) is 0 Å². The van der Waals surface area contributed by atoms with Crippen LogP contribution in [0.5, 0.6) is 0 Å². The highest BCUT2D eigenvalue weighted by Crippen LogP contribution is 2.51. The van der Waals surface area contributed by atoms with E-state index in [0.717, 1.165) is 23.8 Å². The molecule has 0 aromatic rings. The summed E-state index contributed by atoms with van der Waals surface area (Å²) < 4.78 is 47.7. The second kappa shape index (κ2) is 11.1. The van der Waals surface area contributed by atoms with Crippen LogP contribution in [0.4, 0.5) is 0 Å². The molecular formula is C18H33O5PS. The Morgan fingerprint density at radius 1 is 1.04 bits per heavy atom. The Kier molecular flexibility index (Phi) is 10.8. The fourth-order valence-corrected chi connectivity index (χ4v) is 6.23. The number of hydrogen-bond donors (Lipinski definition) is 0. The van der Waals surface area contributed by atoms with Crippen LogP contribution in [0.2, 0.25) is 0 Å². The average molecular weight is 392 g/mol. The van der Waals surface area contributed by atoms with E-state index in [1.54, 1.807) is 33.8 Å². The van der Waals surface area contributed by atoms with E-state index in [2.05, 4.69) is 6.08 Å². The van der Waals surface area contributed by atoms with E-state index in [1.807, 2.05) is 20.8 Å². The summed E-state index contributed by atoms with van der Waals surface area (Å²) in [5.74, 6) is 0. The molecule has 5 nitrogen and oxygen atoms in total. The lowest BCUT2D eigenvalue weighted by atomic mass is 10.1. The lowest BCUT2D eigenvalue weighted by Gasteiger charge is -2.21. The third-order valence-electron chi connectivity index (χ3n) is 2.84. The average Bonchev–Trinajstić information content (AvgIpc) is 2.33. The van der Waals surface area contributed by atoms with Crippen molar-refractivity contribution in [2.75, 3.05) is 5.49 Å². The maximum atomic E-state index is 12.7. The lowest BCUT2D eigenvalue weighted by molar-refractivity contribution is 0.145. The third-order valence-corrected chi connectivity index (χ3v) is 7.60. The van der Waals surface area contributed by atoms with Gasteiger partial charge in [0.15, 0.2) is 15.3 Å². The predicted octanol–water partition coefficient (Wildman–Crippen LogP) is 5.61. The summed E-state index contributed by atoms with van der Waals surface area (Å²) in [6.07, 6.45) is 6.38. The number of allylic oxidation sites excluding steroid dienone is 5. The van der Waals surface area contributed by atoms with E-state index in [-0.39, 0.29) is 12.2 Å². The van der Waals surface area contributed by atoms with E-state index in [4.69, 9.17) is 9.05 Å². The van der Waals surface area contributed by atoms with Crippen molar-refractivity contribution >= 4 is 17.4 Å². The van der Waals surface area contributed by atoms with Gasteiger partial charge in [0.2, 0.25) is 0 Å². The van der Waals surface area contributed by atoms with Crippen molar-refractivity contribution in [2.24, 2.45) is 0 Å². The maximum absolute atomic E-state index is 12.7. The summed E-state index contributed by atoms with van der Waals surface area (Å²) in [4.78, 5) is 0. The molecule has 25 heavy (non-hydrogen) atoms. The molecule has 0 bridgehead atoms. The Morgan fingerprint density at radius 2 is 1.56 bits per heavy atom. The summed E-state index contributed by atoms with van der Waals surface area (Å²) in [7, 11) is -7.42. The predicted molar refractivity (Wildman–Crippen MR) is 105 cm³/mol. The van der Waals surface area contributed by atoms with Crippen LogP contribution < -0.4 is 0 Å². The van der Waals surface area contributed by atoms with Gasteiger partial charge in [-0.3, -0.25) is 4.57 Å². The van der Waals surface area contributed by atoms with Gasteiger partial charge in [-0.25, -0.2) is 8.42 Å². The molecule has 7 heteroatoms. The Hall–Kier alpha value is -0.680. The van der Waals surface area contributed by atoms with Crippen molar-refractivity contribution in [3.05, 3.63) is 34.8 Å². The van der Waals surface area contributed by atoms with Gasteiger partial charge in [0, 0.05) is 5.41 Å². The standard InChI is InChI=1S/C18H33O5PS/c1-15(2)10-8-11-18(7)12-9-13-25(20,21)14-24(19,22-16(3)4)23-17(5)6/h9-10,12-13,16-17H,8,11,14H2,1-7H3/b13-9+,18-12-. The smallest absolute Gasteiger partial charge is 0.305 e. The van der Waals surface area contributed by atoms with Crippen molar-refractivity contribution in [1.82, 2.24) is 0 Å². The summed E-state index contributed by atoms with van der Waals surface area (Å²) in [6.45, 7) is 12.8. The monoisotopic (exact) mass is 392 g/mol. The summed E-state index contributed by atoms with van der Waals surface area (Å²) in [6, 6.07) is 0. The van der Waals surface area contributed by atoms with Crippen molar-refractivity contribution in [2.45, 2.75) is 73.5 Å². The minimum Gasteiger partial charge on any atom is -0.305 e. The molecule has 0 N–H and O–H groups in total. The largest absolute Gasteiger partial charge is 0.346 e. The van der Waals surface area contributed by atoms with Crippen LogP contribution in [-0.4, -0.2) is 26.1 Å². The first kappa shape index (κ1) is 24.3. The highest BCUT2D eigenvalue weighted by atomic mass is 32.2. The summed E-state index contributed by atoms with van der Waals surface area (Å²) >= 11 is 0. The molecule has 0 radical (unpaired) electrons. The van der Waals surface area contributed by atoms with Crippen LogP contribution in [0.15, 0.2) is 34.8 Å². The molecule has 0 aromatic heterocycles. The minimum atomic E-state index is -3.71. The molecule has 0 aromatic carbocycles. The number of hydrogen-bond acceptors (Lipinski definition) is 5. The lowest BCUT2D eigenvalue weighted by Crippen LogP contribution is -2.14. The Morgan fingerprint density at radius 3 is 2.00 bits per heavy atom. The molecule has 0 unspecified atom stereocenters. The zero-order valence-corrected chi connectivity index (χ0v) is 18.2. The first-order valence-electron chi connectivity index (χ1n) is 8.51. The van der Waals surface area contributed by atoms with E-state index in [0.29, 0.717) is 0 Å². The van der Waals surface area contributed by atoms with Gasteiger partial charge in [0.05, 0.1) is 12.2 Å². The van der Waals surface area contributed by atoms with Gasteiger partial charge in [-0.2, -0.15) is 0 Å². The van der Waals surface area contributed by atoms with Crippen molar-refractivity contribution in [3.63, 3.8) is 0 Å². The van der Waals surface area contributed by atoms with Gasteiger partial charge in [-0.15, -0.1) is 0 Å². The van der Waals surface area contributed by atoms with Crippen molar-refractivity contribution in [3.8, 4) is 0 Å². The number of sulfone groups is 1. The zero-order chi connectivity index (χ0) is 19.7. The molecule has 0 spiro atoms. The highest BCUT2D eigenvalue weighted by Gasteiger charge is 2.33. The molecule has 0 aliphatic heterocycles. The molecule has 0 saturated heterocycles. The van der Waals surface area contributed by atoms with E-state index < -0.39 is 22.9 Å². The van der Waals surface area contributed by atoms with Gasteiger partial charge >= 0.3 is 7.60 Å². The maximum Gasteiger partial charge on any atom is 0.346 e. The molecule has 0 fully saturated rings. The Labute approximate surface area is 153 Å². The van der Waals surface area contributed by atoms with Gasteiger partial charge < -0.3 is 9.05 Å². The van der Waals surface area contributed by atoms with E-state index in [1.165, 1.54) is 11.6 Å².